The predicted molar refractivity (Wildman–Crippen MR) is 121 cm³/mol. The van der Waals surface area contributed by atoms with Gasteiger partial charge >= 0.3 is 7.82 Å². The zero-order valence-corrected chi connectivity index (χ0v) is 21.2. The minimum absolute atomic E-state index is 0.225. The van der Waals surface area contributed by atoms with Crippen molar-refractivity contribution in [1.82, 2.24) is 0 Å². The van der Waals surface area contributed by atoms with Gasteiger partial charge in [-0.2, -0.15) is 0 Å². The van der Waals surface area contributed by atoms with Crippen LogP contribution >= 0.6 is 7.82 Å². The molecule has 0 fully saturated rings. The third-order valence-electron chi connectivity index (χ3n) is 3.96. The lowest BCUT2D eigenvalue weighted by Crippen LogP contribution is -2.09. The summed E-state index contributed by atoms with van der Waals surface area (Å²) in [4.78, 5) is 0. The minimum Gasteiger partial charge on any atom is -0.385 e. The molecule has 0 aromatic carbocycles. The van der Waals surface area contributed by atoms with Crippen molar-refractivity contribution < 1.29 is 46.6 Å². The van der Waals surface area contributed by atoms with Crippen molar-refractivity contribution in [2.24, 2.45) is 0 Å². The first kappa shape index (κ1) is 31.9. The van der Waals surface area contributed by atoms with Crippen LogP contribution in [0.4, 0.5) is 0 Å². The normalized spacial score (nSPS) is 12.0. The maximum absolute atomic E-state index is 12.9. The lowest BCUT2D eigenvalue weighted by atomic mass is 10.4. The van der Waals surface area contributed by atoms with E-state index in [1.54, 1.807) is 21.3 Å². The Bertz CT molecular complexity index is 357. The Morgan fingerprint density at radius 3 is 0.906 bits per heavy atom. The highest BCUT2D eigenvalue weighted by Crippen LogP contribution is 2.49. The Morgan fingerprint density at radius 1 is 0.406 bits per heavy atom. The predicted octanol–water partition coefficient (Wildman–Crippen LogP) is 3.47. The van der Waals surface area contributed by atoms with Crippen LogP contribution in [-0.4, -0.2) is 101 Å². The van der Waals surface area contributed by atoms with Crippen LogP contribution < -0.4 is 0 Å². The standard InChI is InChI=1S/C21H45O10P/c1-23-10-4-13-26-16-7-19-29-32(22,30-20-8-17-27-14-5-11-24-2)31-21-9-18-28-15-6-12-25-3/h4-21H2,1-3H3. The summed E-state index contributed by atoms with van der Waals surface area (Å²) in [5.41, 5.74) is 0. The highest BCUT2D eigenvalue weighted by molar-refractivity contribution is 7.48. The molecule has 0 spiro atoms. The molecule has 0 aromatic heterocycles. The molecule has 0 radical (unpaired) electrons. The van der Waals surface area contributed by atoms with Crippen LogP contribution in [0.25, 0.3) is 0 Å². The first-order chi connectivity index (χ1) is 15.7. The zero-order chi connectivity index (χ0) is 23.6. The molecule has 10 nitrogen and oxygen atoms in total. The molecule has 0 rings (SSSR count). The Morgan fingerprint density at radius 2 is 0.656 bits per heavy atom. The van der Waals surface area contributed by atoms with Gasteiger partial charge in [0.05, 0.1) is 19.8 Å². The van der Waals surface area contributed by atoms with Gasteiger partial charge in [-0.1, -0.05) is 0 Å². The topological polar surface area (TPSA) is 100 Å². The van der Waals surface area contributed by atoms with Gasteiger partial charge in [-0.05, 0) is 38.5 Å². The molecule has 0 aliphatic carbocycles. The summed E-state index contributed by atoms with van der Waals surface area (Å²) in [5, 5.41) is 0. The van der Waals surface area contributed by atoms with E-state index in [0.717, 1.165) is 19.3 Å². The summed E-state index contributed by atoms with van der Waals surface area (Å²) in [6.45, 7) is 6.05. The molecule has 0 aliphatic rings. The van der Waals surface area contributed by atoms with Crippen molar-refractivity contribution >= 4 is 7.82 Å². The highest BCUT2D eigenvalue weighted by Gasteiger charge is 2.26. The van der Waals surface area contributed by atoms with Gasteiger partial charge in [0, 0.05) is 80.8 Å². The van der Waals surface area contributed by atoms with Gasteiger partial charge in [-0.25, -0.2) is 4.57 Å². The minimum atomic E-state index is -3.64. The van der Waals surface area contributed by atoms with E-state index in [-0.39, 0.29) is 19.8 Å². The van der Waals surface area contributed by atoms with Gasteiger partial charge in [0.25, 0.3) is 0 Å². The molecule has 32 heavy (non-hydrogen) atoms. The number of rotatable bonds is 27. The summed E-state index contributed by atoms with van der Waals surface area (Å²) in [5.74, 6) is 0. The molecule has 194 valence electrons. The Kier molecular flexibility index (Phi) is 25.4. The number of hydrogen-bond donors (Lipinski definition) is 0. The van der Waals surface area contributed by atoms with E-state index in [1.807, 2.05) is 0 Å². The number of phosphoric ester groups is 1. The summed E-state index contributed by atoms with van der Waals surface area (Å²) in [6.07, 6.45) is 4.29. The van der Waals surface area contributed by atoms with Crippen molar-refractivity contribution in [3.63, 3.8) is 0 Å². The van der Waals surface area contributed by atoms with Crippen LogP contribution in [0.15, 0.2) is 0 Å². The van der Waals surface area contributed by atoms with E-state index in [9.17, 15) is 4.57 Å². The fourth-order valence-corrected chi connectivity index (χ4v) is 3.63. The fraction of sp³-hybridized carbons (Fsp3) is 1.00. The number of ether oxygens (including phenoxy) is 6. The smallest absolute Gasteiger partial charge is 0.385 e. The summed E-state index contributed by atoms with van der Waals surface area (Å²) >= 11 is 0. The Hall–Kier alpha value is -0.130. The van der Waals surface area contributed by atoms with Crippen molar-refractivity contribution in [3.05, 3.63) is 0 Å². The van der Waals surface area contributed by atoms with Gasteiger partial charge in [0.2, 0.25) is 0 Å². The molecule has 0 aliphatic heterocycles. The molecule has 0 N–H and O–H groups in total. The largest absolute Gasteiger partial charge is 0.474 e. The summed E-state index contributed by atoms with van der Waals surface area (Å²) < 4.78 is 60.6. The lowest BCUT2D eigenvalue weighted by Gasteiger charge is -2.18. The van der Waals surface area contributed by atoms with Gasteiger partial charge in [-0.3, -0.25) is 13.6 Å². The molecule has 0 heterocycles. The van der Waals surface area contributed by atoms with Gasteiger partial charge < -0.3 is 28.4 Å². The molecule has 0 unspecified atom stereocenters. The van der Waals surface area contributed by atoms with Crippen LogP contribution in [0.3, 0.4) is 0 Å². The molecular formula is C21H45O10P. The van der Waals surface area contributed by atoms with E-state index in [0.29, 0.717) is 78.7 Å². The molecule has 0 aromatic rings. The van der Waals surface area contributed by atoms with E-state index in [2.05, 4.69) is 0 Å². The Labute approximate surface area is 194 Å². The van der Waals surface area contributed by atoms with Crippen molar-refractivity contribution in [1.29, 1.82) is 0 Å². The first-order valence-electron chi connectivity index (χ1n) is 11.4. The monoisotopic (exact) mass is 488 g/mol. The van der Waals surface area contributed by atoms with Crippen molar-refractivity contribution in [2.75, 3.05) is 101 Å². The molecule has 0 saturated carbocycles. The number of phosphoric acid groups is 1. The van der Waals surface area contributed by atoms with Gasteiger partial charge in [0.1, 0.15) is 0 Å². The number of methoxy groups -OCH3 is 3. The fourth-order valence-electron chi connectivity index (χ4n) is 2.35. The van der Waals surface area contributed by atoms with Crippen molar-refractivity contribution in [3.8, 4) is 0 Å². The van der Waals surface area contributed by atoms with Crippen molar-refractivity contribution in [2.45, 2.75) is 38.5 Å². The molecule has 0 atom stereocenters. The highest BCUT2D eigenvalue weighted by atomic mass is 31.2. The quantitative estimate of drug-likeness (QED) is 0.126. The molecule has 0 saturated heterocycles. The molecule has 11 heteroatoms. The zero-order valence-electron chi connectivity index (χ0n) is 20.3. The third-order valence-corrected chi connectivity index (χ3v) is 5.46. The average Bonchev–Trinajstić information content (AvgIpc) is 2.79. The molecule has 0 amide bonds. The lowest BCUT2D eigenvalue weighted by molar-refractivity contribution is 0.0627. The maximum atomic E-state index is 12.9. The summed E-state index contributed by atoms with van der Waals surface area (Å²) in [6, 6.07) is 0. The second-order valence-corrected chi connectivity index (χ2v) is 8.55. The van der Waals surface area contributed by atoms with E-state index in [1.165, 1.54) is 0 Å². The Balaban J connectivity index is 4.06. The van der Waals surface area contributed by atoms with E-state index >= 15 is 0 Å². The van der Waals surface area contributed by atoms with Crippen LogP contribution in [0.5, 0.6) is 0 Å². The summed E-state index contributed by atoms with van der Waals surface area (Å²) in [7, 11) is 1.33. The van der Waals surface area contributed by atoms with Crippen LogP contribution in [-0.2, 0) is 46.6 Å². The molecular weight excluding hydrogens is 443 g/mol. The second kappa shape index (κ2) is 25.5. The second-order valence-electron chi connectivity index (χ2n) is 6.88. The van der Waals surface area contributed by atoms with Crippen LogP contribution in [0, 0.1) is 0 Å². The van der Waals surface area contributed by atoms with Gasteiger partial charge in [-0.15, -0.1) is 0 Å². The van der Waals surface area contributed by atoms with E-state index < -0.39 is 7.82 Å². The first-order valence-corrected chi connectivity index (χ1v) is 12.9. The van der Waals surface area contributed by atoms with Crippen LogP contribution in [0.1, 0.15) is 38.5 Å². The van der Waals surface area contributed by atoms with Gasteiger partial charge in [0.15, 0.2) is 0 Å². The third kappa shape index (κ3) is 23.0. The van der Waals surface area contributed by atoms with E-state index in [4.69, 9.17) is 42.0 Å². The maximum Gasteiger partial charge on any atom is 0.474 e. The average molecular weight is 489 g/mol. The SMILES string of the molecule is COCCCOCCCOP(=O)(OCCCOCCCOC)OCCCOCCCOC. The van der Waals surface area contributed by atoms with Crippen LogP contribution in [0.2, 0.25) is 0 Å². The molecule has 0 bridgehead atoms. The number of hydrogen-bond acceptors (Lipinski definition) is 10.